The second-order valence-electron chi connectivity index (χ2n) is 4.00. The number of halogens is 1. The lowest BCUT2D eigenvalue weighted by Gasteiger charge is -2.14. The Bertz CT molecular complexity index is 547. The van der Waals surface area contributed by atoms with Crippen LogP contribution in [0, 0.1) is 5.82 Å². The number of nitrogens with one attached hydrogen (secondary N) is 1. The van der Waals surface area contributed by atoms with Crippen molar-refractivity contribution >= 4 is 16.8 Å². The Hall–Kier alpha value is -1.84. The molecule has 1 aromatic carbocycles. The van der Waals surface area contributed by atoms with Gasteiger partial charge in [0.15, 0.2) is 0 Å². The largest absolute Gasteiger partial charge is 0.355 e. The topological polar surface area (TPSA) is 34.0 Å². The van der Waals surface area contributed by atoms with Crippen molar-refractivity contribution in [2.75, 3.05) is 6.54 Å². The minimum absolute atomic E-state index is 0.0609. The van der Waals surface area contributed by atoms with Gasteiger partial charge in [-0.1, -0.05) is 0 Å². The number of aromatic nitrogens is 1. The summed E-state index contributed by atoms with van der Waals surface area (Å²) in [6, 6.07) is 6.12. The van der Waals surface area contributed by atoms with Gasteiger partial charge in [-0.2, -0.15) is 0 Å². The minimum Gasteiger partial charge on any atom is -0.355 e. The van der Waals surface area contributed by atoms with Gasteiger partial charge in [-0.3, -0.25) is 4.79 Å². The molecule has 0 fully saturated rings. The van der Waals surface area contributed by atoms with Crippen molar-refractivity contribution in [2.24, 2.45) is 0 Å². The fraction of sp³-hybridized carbons (Fsp3) is 0.308. The Morgan fingerprint density at radius 3 is 2.94 bits per heavy atom. The summed E-state index contributed by atoms with van der Waals surface area (Å²) in [5, 5.41) is 3.69. The number of carbonyl (C=O) groups excluding carboxylic acids is 1. The fourth-order valence-corrected chi connectivity index (χ4v) is 1.91. The van der Waals surface area contributed by atoms with Gasteiger partial charge in [0.2, 0.25) is 5.91 Å². The van der Waals surface area contributed by atoms with Crippen LogP contribution < -0.4 is 5.32 Å². The lowest BCUT2D eigenvalue weighted by atomic mass is 10.2. The molecule has 0 bridgehead atoms. The summed E-state index contributed by atoms with van der Waals surface area (Å²) in [7, 11) is 0. The van der Waals surface area contributed by atoms with Gasteiger partial charge in [0.1, 0.15) is 11.9 Å². The van der Waals surface area contributed by atoms with Crippen molar-refractivity contribution in [3.05, 3.63) is 36.3 Å². The average molecular weight is 234 g/mol. The van der Waals surface area contributed by atoms with Crippen molar-refractivity contribution in [1.29, 1.82) is 0 Å². The van der Waals surface area contributed by atoms with Crippen LogP contribution in [0.2, 0.25) is 0 Å². The molecular weight excluding hydrogens is 219 g/mol. The second-order valence-corrected chi connectivity index (χ2v) is 4.00. The van der Waals surface area contributed by atoms with Crippen LogP contribution in [0.25, 0.3) is 10.9 Å². The first kappa shape index (κ1) is 11.6. The van der Waals surface area contributed by atoms with Crippen LogP contribution in [-0.2, 0) is 4.79 Å². The van der Waals surface area contributed by atoms with E-state index in [1.165, 1.54) is 12.1 Å². The van der Waals surface area contributed by atoms with Crippen LogP contribution in [-0.4, -0.2) is 17.0 Å². The highest BCUT2D eigenvalue weighted by atomic mass is 19.1. The van der Waals surface area contributed by atoms with Crippen molar-refractivity contribution in [2.45, 2.75) is 19.9 Å². The SMILES string of the molecule is CCNC(=O)C(C)n1ccc2ccc(F)cc21. The summed E-state index contributed by atoms with van der Waals surface area (Å²) in [6.45, 7) is 4.27. The van der Waals surface area contributed by atoms with Gasteiger partial charge in [0.05, 0.1) is 5.52 Å². The molecule has 1 aromatic heterocycles. The molecule has 4 heteroatoms. The highest BCUT2D eigenvalue weighted by molar-refractivity contribution is 5.85. The molecule has 0 saturated heterocycles. The van der Waals surface area contributed by atoms with Gasteiger partial charge < -0.3 is 9.88 Å². The highest BCUT2D eigenvalue weighted by Crippen LogP contribution is 2.21. The van der Waals surface area contributed by atoms with E-state index in [2.05, 4.69) is 5.32 Å². The first-order chi connectivity index (χ1) is 8.13. The Morgan fingerprint density at radius 2 is 2.24 bits per heavy atom. The molecule has 0 radical (unpaired) electrons. The Balaban J connectivity index is 2.41. The highest BCUT2D eigenvalue weighted by Gasteiger charge is 2.15. The molecule has 2 aromatic rings. The number of carbonyl (C=O) groups is 1. The van der Waals surface area contributed by atoms with Crippen molar-refractivity contribution in [1.82, 2.24) is 9.88 Å². The molecule has 3 nitrogen and oxygen atoms in total. The summed E-state index contributed by atoms with van der Waals surface area (Å²) in [5.41, 5.74) is 0.740. The van der Waals surface area contributed by atoms with Gasteiger partial charge in [-0.05, 0) is 43.5 Å². The van der Waals surface area contributed by atoms with Gasteiger partial charge >= 0.3 is 0 Å². The summed E-state index contributed by atoms with van der Waals surface area (Å²) in [5.74, 6) is -0.352. The van der Waals surface area contributed by atoms with Crippen LogP contribution >= 0.6 is 0 Å². The van der Waals surface area contributed by atoms with E-state index in [1.807, 2.05) is 19.2 Å². The van der Waals surface area contributed by atoms with Gasteiger partial charge in [0, 0.05) is 12.7 Å². The Kier molecular flexibility index (Phi) is 3.13. The second kappa shape index (κ2) is 4.57. The molecule has 2 rings (SSSR count). The van der Waals surface area contributed by atoms with Gasteiger partial charge in [-0.25, -0.2) is 4.39 Å². The van der Waals surface area contributed by atoms with Crippen LogP contribution in [0.3, 0.4) is 0 Å². The van der Waals surface area contributed by atoms with E-state index in [0.29, 0.717) is 6.54 Å². The molecule has 0 aliphatic carbocycles. The predicted molar refractivity (Wildman–Crippen MR) is 65.3 cm³/mol. The van der Waals surface area contributed by atoms with E-state index >= 15 is 0 Å². The standard InChI is InChI=1S/C13H15FN2O/c1-3-15-13(17)9(2)16-7-6-10-4-5-11(14)8-12(10)16/h4-9H,3H2,1-2H3,(H,15,17). The number of fused-ring (bicyclic) bond motifs is 1. The van der Waals surface area contributed by atoms with E-state index in [1.54, 1.807) is 17.6 Å². The molecule has 0 aliphatic heterocycles. The zero-order chi connectivity index (χ0) is 12.4. The normalized spacial score (nSPS) is 12.6. The van der Waals surface area contributed by atoms with E-state index < -0.39 is 0 Å². The first-order valence-electron chi connectivity index (χ1n) is 5.67. The molecule has 0 saturated carbocycles. The van der Waals surface area contributed by atoms with Gasteiger partial charge in [-0.15, -0.1) is 0 Å². The fourth-order valence-electron chi connectivity index (χ4n) is 1.91. The molecule has 1 atom stereocenters. The predicted octanol–water partition coefficient (Wildman–Crippen LogP) is 2.48. The number of hydrogen-bond donors (Lipinski definition) is 1. The molecule has 90 valence electrons. The third-order valence-corrected chi connectivity index (χ3v) is 2.83. The Labute approximate surface area is 99.2 Å². The molecule has 1 heterocycles. The number of nitrogens with zero attached hydrogens (tertiary/aromatic N) is 1. The van der Waals surface area contributed by atoms with E-state index in [-0.39, 0.29) is 17.8 Å². The Morgan fingerprint density at radius 1 is 1.47 bits per heavy atom. The van der Waals surface area contributed by atoms with Crippen LogP contribution in [0.15, 0.2) is 30.5 Å². The van der Waals surface area contributed by atoms with E-state index in [4.69, 9.17) is 0 Å². The minimum atomic E-state index is -0.339. The number of rotatable bonds is 3. The lowest BCUT2D eigenvalue weighted by molar-refractivity contribution is -0.123. The molecule has 1 N–H and O–H groups in total. The van der Waals surface area contributed by atoms with Crippen molar-refractivity contribution in [3.8, 4) is 0 Å². The maximum Gasteiger partial charge on any atom is 0.242 e. The number of amides is 1. The zero-order valence-electron chi connectivity index (χ0n) is 9.90. The molecule has 0 spiro atoms. The zero-order valence-corrected chi connectivity index (χ0v) is 9.90. The average Bonchev–Trinajstić information content (AvgIpc) is 2.71. The number of benzene rings is 1. The van der Waals surface area contributed by atoms with E-state index in [0.717, 1.165) is 10.9 Å². The smallest absolute Gasteiger partial charge is 0.242 e. The molecular formula is C13H15FN2O. The summed E-state index contributed by atoms with van der Waals surface area (Å²) in [6.07, 6.45) is 1.81. The first-order valence-corrected chi connectivity index (χ1v) is 5.67. The monoisotopic (exact) mass is 234 g/mol. The third-order valence-electron chi connectivity index (χ3n) is 2.83. The van der Waals surface area contributed by atoms with Crippen molar-refractivity contribution in [3.63, 3.8) is 0 Å². The van der Waals surface area contributed by atoms with Crippen LogP contribution in [0.5, 0.6) is 0 Å². The lowest BCUT2D eigenvalue weighted by Crippen LogP contribution is -2.30. The molecule has 1 amide bonds. The summed E-state index contributed by atoms with van der Waals surface area (Å²) < 4.78 is 15.0. The molecule has 1 unspecified atom stereocenters. The van der Waals surface area contributed by atoms with Crippen molar-refractivity contribution < 1.29 is 9.18 Å². The number of likely N-dealkylation sites (N-methyl/N-ethyl adjacent to an activating group) is 1. The molecule has 17 heavy (non-hydrogen) atoms. The molecule has 0 aliphatic rings. The summed E-state index contributed by atoms with van der Waals surface area (Å²) >= 11 is 0. The maximum absolute atomic E-state index is 13.2. The van der Waals surface area contributed by atoms with Crippen LogP contribution in [0.4, 0.5) is 4.39 Å². The number of hydrogen-bond acceptors (Lipinski definition) is 1. The van der Waals surface area contributed by atoms with Gasteiger partial charge in [0.25, 0.3) is 0 Å². The van der Waals surface area contributed by atoms with E-state index in [9.17, 15) is 9.18 Å². The third kappa shape index (κ3) is 2.16. The maximum atomic E-state index is 13.2. The van der Waals surface area contributed by atoms with Crippen LogP contribution in [0.1, 0.15) is 19.9 Å². The quantitative estimate of drug-likeness (QED) is 0.869. The summed E-state index contributed by atoms with van der Waals surface area (Å²) in [4.78, 5) is 11.7.